The number of benzene rings is 1. The van der Waals surface area contributed by atoms with Gasteiger partial charge in [-0.25, -0.2) is 0 Å². The molecule has 6 nitrogen and oxygen atoms in total. The van der Waals surface area contributed by atoms with Crippen molar-refractivity contribution in [1.82, 2.24) is 5.32 Å². The molecule has 1 atom stereocenters. The summed E-state index contributed by atoms with van der Waals surface area (Å²) in [5, 5.41) is 23.1. The van der Waals surface area contributed by atoms with Crippen LogP contribution in [0.4, 0.5) is 5.00 Å². The zero-order valence-electron chi connectivity index (χ0n) is 15.8. The number of aliphatic hydroxyl groups excluding tert-OH is 1. The quantitative estimate of drug-likeness (QED) is 0.603. The average molecular weight is 511 g/mol. The third-order valence-corrected chi connectivity index (χ3v) is 6.60. The number of nitriles is 1. The molecule has 1 unspecified atom stereocenters. The van der Waals surface area contributed by atoms with Gasteiger partial charge in [0.2, 0.25) is 0 Å². The molecule has 148 valence electrons. The standard InChI is InChI=1S/C20H22IN3O3S/c1-12-3-4-14(16(21)9-12)17-15(10-22)20(24-5-7-27-8-6-24)28-18(17)19(26)23-11-13(2)25/h3-4,9,13,25H,5-8,11H2,1-2H3,(H,23,26). The second kappa shape index (κ2) is 9.22. The second-order valence-electron chi connectivity index (χ2n) is 6.74. The molecule has 1 aliphatic heterocycles. The van der Waals surface area contributed by atoms with Gasteiger partial charge < -0.3 is 20.1 Å². The van der Waals surface area contributed by atoms with Crippen molar-refractivity contribution in [2.24, 2.45) is 0 Å². The Balaban J connectivity index is 2.14. The fourth-order valence-electron chi connectivity index (χ4n) is 3.07. The van der Waals surface area contributed by atoms with Gasteiger partial charge in [0.1, 0.15) is 15.9 Å². The number of thiophene rings is 1. The Morgan fingerprint density at radius 3 is 2.79 bits per heavy atom. The van der Waals surface area contributed by atoms with Crippen molar-refractivity contribution in [3.05, 3.63) is 37.8 Å². The summed E-state index contributed by atoms with van der Waals surface area (Å²) in [6.45, 7) is 6.38. The number of morpholine rings is 1. The van der Waals surface area contributed by atoms with Gasteiger partial charge in [-0.2, -0.15) is 5.26 Å². The number of aliphatic hydroxyl groups is 1. The van der Waals surface area contributed by atoms with Gasteiger partial charge in [0.05, 0.1) is 24.9 Å². The van der Waals surface area contributed by atoms with Crippen LogP contribution in [0.5, 0.6) is 0 Å². The first-order valence-electron chi connectivity index (χ1n) is 9.04. The number of nitrogens with one attached hydrogen (secondary N) is 1. The summed E-state index contributed by atoms with van der Waals surface area (Å²) < 4.78 is 6.42. The average Bonchev–Trinajstić information content (AvgIpc) is 3.06. The summed E-state index contributed by atoms with van der Waals surface area (Å²) in [4.78, 5) is 15.5. The predicted molar refractivity (Wildman–Crippen MR) is 119 cm³/mol. The van der Waals surface area contributed by atoms with Crippen LogP contribution >= 0.6 is 33.9 Å². The van der Waals surface area contributed by atoms with Crippen LogP contribution in [-0.2, 0) is 4.74 Å². The number of halogens is 1. The van der Waals surface area contributed by atoms with Gasteiger partial charge >= 0.3 is 0 Å². The van der Waals surface area contributed by atoms with Gasteiger partial charge in [0, 0.05) is 28.8 Å². The van der Waals surface area contributed by atoms with E-state index in [0.717, 1.165) is 19.7 Å². The van der Waals surface area contributed by atoms with Crippen molar-refractivity contribution in [2.45, 2.75) is 20.0 Å². The number of carbonyl (C=O) groups is 1. The Morgan fingerprint density at radius 2 is 2.18 bits per heavy atom. The number of aryl methyl sites for hydroxylation is 1. The minimum Gasteiger partial charge on any atom is -0.392 e. The zero-order chi connectivity index (χ0) is 20.3. The van der Waals surface area contributed by atoms with Crippen LogP contribution < -0.4 is 10.2 Å². The zero-order valence-corrected chi connectivity index (χ0v) is 18.8. The molecule has 0 aliphatic carbocycles. The molecule has 2 N–H and O–H groups in total. The van der Waals surface area contributed by atoms with Crippen LogP contribution in [0, 0.1) is 21.8 Å². The van der Waals surface area contributed by atoms with Crippen LogP contribution in [0.15, 0.2) is 18.2 Å². The molecule has 1 fully saturated rings. The topological polar surface area (TPSA) is 85.6 Å². The molecule has 8 heteroatoms. The molecule has 0 spiro atoms. The van der Waals surface area contributed by atoms with Crippen molar-refractivity contribution >= 4 is 44.8 Å². The maximum Gasteiger partial charge on any atom is 0.262 e. The van der Waals surface area contributed by atoms with Gasteiger partial charge in [-0.3, -0.25) is 4.79 Å². The van der Waals surface area contributed by atoms with Crippen LogP contribution in [0.25, 0.3) is 11.1 Å². The highest BCUT2D eigenvalue weighted by Gasteiger charge is 2.28. The Kier molecular flexibility index (Phi) is 6.93. The van der Waals surface area contributed by atoms with E-state index in [4.69, 9.17) is 4.74 Å². The van der Waals surface area contributed by atoms with Crippen molar-refractivity contribution in [2.75, 3.05) is 37.7 Å². The monoisotopic (exact) mass is 511 g/mol. The number of carbonyl (C=O) groups excluding carboxylic acids is 1. The third kappa shape index (κ3) is 4.49. The predicted octanol–water partition coefficient (Wildman–Crippen LogP) is 3.15. The maximum absolute atomic E-state index is 12.9. The van der Waals surface area contributed by atoms with Gasteiger partial charge in [-0.1, -0.05) is 17.7 Å². The molecule has 0 radical (unpaired) electrons. The molecular formula is C20H22IN3O3S. The minimum atomic E-state index is -0.638. The number of nitrogens with zero attached hydrogens (tertiary/aromatic N) is 2. The summed E-state index contributed by atoms with van der Waals surface area (Å²) in [6.07, 6.45) is -0.638. The summed E-state index contributed by atoms with van der Waals surface area (Å²) in [5.41, 5.74) is 3.19. The second-order valence-corrected chi connectivity index (χ2v) is 8.90. The summed E-state index contributed by atoms with van der Waals surface area (Å²) in [6, 6.07) is 8.33. The van der Waals surface area contributed by atoms with Crippen molar-refractivity contribution in [3.63, 3.8) is 0 Å². The van der Waals surface area contributed by atoms with E-state index < -0.39 is 6.10 Å². The highest BCUT2D eigenvalue weighted by atomic mass is 127. The molecular weight excluding hydrogens is 489 g/mol. The first-order valence-corrected chi connectivity index (χ1v) is 10.9. The number of rotatable bonds is 5. The van der Waals surface area contributed by atoms with E-state index in [1.807, 2.05) is 25.1 Å². The van der Waals surface area contributed by atoms with Crippen LogP contribution in [0.2, 0.25) is 0 Å². The molecule has 0 bridgehead atoms. The molecule has 28 heavy (non-hydrogen) atoms. The Bertz CT molecular complexity index is 914. The fraction of sp³-hybridized carbons (Fsp3) is 0.400. The molecule has 1 aromatic heterocycles. The molecule has 1 amide bonds. The summed E-state index contributed by atoms with van der Waals surface area (Å²) in [5.74, 6) is -0.270. The lowest BCUT2D eigenvalue weighted by Gasteiger charge is -2.27. The van der Waals surface area contributed by atoms with Crippen LogP contribution in [0.1, 0.15) is 27.7 Å². The van der Waals surface area contributed by atoms with Crippen LogP contribution in [-0.4, -0.2) is 50.0 Å². The molecule has 2 aromatic rings. The SMILES string of the molecule is Cc1ccc(-c2c(C(=O)NCC(C)O)sc(N3CCOCC3)c2C#N)c(I)c1. The minimum absolute atomic E-state index is 0.163. The van der Waals surface area contributed by atoms with E-state index in [2.05, 4.69) is 38.9 Å². The normalized spacial score (nSPS) is 15.2. The number of amides is 1. The number of anilines is 1. The molecule has 1 aromatic carbocycles. The molecule has 2 heterocycles. The fourth-order valence-corrected chi connectivity index (χ4v) is 5.25. The smallest absolute Gasteiger partial charge is 0.262 e. The van der Waals surface area contributed by atoms with Crippen molar-refractivity contribution in [1.29, 1.82) is 5.26 Å². The Labute approximate surface area is 182 Å². The van der Waals surface area contributed by atoms with E-state index in [9.17, 15) is 15.2 Å². The summed E-state index contributed by atoms with van der Waals surface area (Å²) >= 11 is 3.58. The highest BCUT2D eigenvalue weighted by Crippen LogP contribution is 2.43. The van der Waals surface area contributed by atoms with Gasteiger partial charge in [-0.05, 0) is 48.1 Å². The number of hydrogen-bond donors (Lipinski definition) is 2. The number of hydrogen-bond acceptors (Lipinski definition) is 6. The van der Waals surface area contributed by atoms with E-state index in [-0.39, 0.29) is 12.5 Å². The van der Waals surface area contributed by atoms with Crippen molar-refractivity contribution < 1.29 is 14.6 Å². The lowest BCUT2D eigenvalue weighted by Crippen LogP contribution is -2.36. The molecule has 1 aliphatic rings. The van der Waals surface area contributed by atoms with E-state index in [1.54, 1.807) is 6.92 Å². The molecule has 1 saturated heterocycles. The van der Waals surface area contributed by atoms with Gasteiger partial charge in [-0.15, -0.1) is 11.3 Å². The lowest BCUT2D eigenvalue weighted by atomic mass is 10.00. The highest BCUT2D eigenvalue weighted by molar-refractivity contribution is 14.1. The third-order valence-electron chi connectivity index (χ3n) is 4.46. The van der Waals surface area contributed by atoms with Gasteiger partial charge in [0.15, 0.2) is 0 Å². The number of ether oxygens (including phenoxy) is 1. The molecule has 3 rings (SSSR count). The Hall–Kier alpha value is -1.67. The van der Waals surface area contributed by atoms with Crippen molar-refractivity contribution in [3.8, 4) is 17.2 Å². The first kappa shape index (κ1) is 21.0. The van der Waals surface area contributed by atoms with E-state index >= 15 is 0 Å². The maximum atomic E-state index is 12.9. The largest absolute Gasteiger partial charge is 0.392 e. The Morgan fingerprint density at radius 1 is 1.46 bits per heavy atom. The first-order chi connectivity index (χ1) is 13.4. The summed E-state index contributed by atoms with van der Waals surface area (Å²) in [7, 11) is 0. The van der Waals surface area contributed by atoms with Gasteiger partial charge in [0.25, 0.3) is 5.91 Å². The lowest BCUT2D eigenvalue weighted by molar-refractivity contribution is 0.0928. The molecule has 0 saturated carbocycles. The van der Waals surface area contributed by atoms with E-state index in [1.165, 1.54) is 11.3 Å². The van der Waals surface area contributed by atoms with E-state index in [0.29, 0.717) is 42.3 Å². The van der Waals surface area contributed by atoms with Crippen LogP contribution in [0.3, 0.4) is 0 Å².